The van der Waals surface area contributed by atoms with Crippen LogP contribution < -0.4 is 5.73 Å². The third-order valence-corrected chi connectivity index (χ3v) is 4.38. The molecule has 1 saturated carbocycles. The lowest BCUT2D eigenvalue weighted by atomic mass is 9.61. The van der Waals surface area contributed by atoms with Gasteiger partial charge in [0.05, 0.1) is 6.61 Å². The van der Waals surface area contributed by atoms with Crippen molar-refractivity contribution >= 4 is 11.7 Å². The molecule has 0 spiro atoms. The highest BCUT2D eigenvalue weighted by Crippen LogP contribution is 2.47. The first-order valence-electron chi connectivity index (χ1n) is 6.80. The Morgan fingerprint density at radius 1 is 1.58 bits per heavy atom. The van der Waals surface area contributed by atoms with Gasteiger partial charge in [-0.3, -0.25) is 4.79 Å². The SMILES string of the molecule is COCC1CCN(C(=O)C2(C(N)=NO)CC(C)C2)C1. The van der Waals surface area contributed by atoms with Crippen LogP contribution in [0.5, 0.6) is 0 Å². The number of hydrogen-bond donors (Lipinski definition) is 2. The normalized spacial score (nSPS) is 35.3. The summed E-state index contributed by atoms with van der Waals surface area (Å²) in [6.07, 6.45) is 2.31. The quantitative estimate of drug-likeness (QED) is 0.339. The Kier molecular flexibility index (Phi) is 3.99. The number of amides is 1. The first-order chi connectivity index (χ1) is 9.03. The number of amidine groups is 1. The zero-order chi connectivity index (χ0) is 14.0. The number of ether oxygens (including phenoxy) is 1. The number of rotatable bonds is 4. The minimum absolute atomic E-state index is 0.0134. The molecule has 1 aliphatic carbocycles. The number of nitrogens with two attached hydrogens (primary N) is 1. The fourth-order valence-corrected chi connectivity index (χ4v) is 3.41. The molecule has 1 atom stereocenters. The molecule has 2 rings (SSSR count). The van der Waals surface area contributed by atoms with E-state index >= 15 is 0 Å². The molecule has 0 aromatic heterocycles. The van der Waals surface area contributed by atoms with Crippen LogP contribution in [0.3, 0.4) is 0 Å². The van der Waals surface area contributed by atoms with Gasteiger partial charge < -0.3 is 20.6 Å². The lowest BCUT2D eigenvalue weighted by Gasteiger charge is -2.45. The summed E-state index contributed by atoms with van der Waals surface area (Å²) in [4.78, 5) is 14.5. The van der Waals surface area contributed by atoms with Gasteiger partial charge in [-0.25, -0.2) is 0 Å². The molecule has 3 N–H and O–H groups in total. The van der Waals surface area contributed by atoms with Crippen LogP contribution in [0, 0.1) is 17.3 Å². The van der Waals surface area contributed by atoms with Crippen LogP contribution in [-0.2, 0) is 9.53 Å². The molecule has 0 bridgehead atoms. The van der Waals surface area contributed by atoms with E-state index in [1.54, 1.807) is 7.11 Å². The second kappa shape index (κ2) is 5.36. The van der Waals surface area contributed by atoms with Crippen molar-refractivity contribution in [3.8, 4) is 0 Å². The lowest BCUT2D eigenvalue weighted by molar-refractivity contribution is -0.143. The van der Waals surface area contributed by atoms with E-state index in [0.717, 1.165) is 13.0 Å². The van der Waals surface area contributed by atoms with E-state index in [1.807, 2.05) is 4.90 Å². The zero-order valence-corrected chi connectivity index (χ0v) is 11.6. The summed E-state index contributed by atoms with van der Waals surface area (Å²) in [6.45, 7) is 4.20. The van der Waals surface area contributed by atoms with E-state index in [9.17, 15) is 4.79 Å². The molecule has 1 saturated heterocycles. The van der Waals surface area contributed by atoms with Gasteiger partial charge in [-0.1, -0.05) is 12.1 Å². The molecule has 19 heavy (non-hydrogen) atoms. The Bertz CT molecular complexity index is 377. The van der Waals surface area contributed by atoms with Crippen LogP contribution in [0.15, 0.2) is 5.16 Å². The van der Waals surface area contributed by atoms with E-state index in [2.05, 4.69) is 12.1 Å². The minimum atomic E-state index is -0.768. The summed E-state index contributed by atoms with van der Waals surface area (Å²) >= 11 is 0. The monoisotopic (exact) mass is 269 g/mol. The number of hydrogen-bond acceptors (Lipinski definition) is 4. The Balaban J connectivity index is 2.06. The van der Waals surface area contributed by atoms with Gasteiger partial charge in [-0.05, 0) is 25.2 Å². The predicted octanol–water partition coefficient (Wildman–Crippen LogP) is 0.644. The number of nitrogens with zero attached hydrogens (tertiary/aromatic N) is 2. The molecule has 1 heterocycles. The van der Waals surface area contributed by atoms with Gasteiger partial charge in [0.15, 0.2) is 5.84 Å². The number of likely N-dealkylation sites (tertiary alicyclic amines) is 1. The van der Waals surface area contributed by atoms with Crippen molar-refractivity contribution in [2.75, 3.05) is 26.8 Å². The third-order valence-electron chi connectivity index (χ3n) is 4.38. The second-order valence-electron chi connectivity index (χ2n) is 5.94. The van der Waals surface area contributed by atoms with Crippen molar-refractivity contribution in [1.29, 1.82) is 0 Å². The second-order valence-corrected chi connectivity index (χ2v) is 5.94. The molecule has 2 fully saturated rings. The summed E-state index contributed by atoms with van der Waals surface area (Å²) in [5, 5.41) is 12.0. The molecule has 2 aliphatic rings. The van der Waals surface area contributed by atoms with Gasteiger partial charge in [0.1, 0.15) is 5.41 Å². The van der Waals surface area contributed by atoms with Gasteiger partial charge in [0.25, 0.3) is 0 Å². The summed E-state index contributed by atoms with van der Waals surface area (Å²) in [7, 11) is 1.68. The molecule has 0 radical (unpaired) electrons. The van der Waals surface area contributed by atoms with Gasteiger partial charge in [-0.15, -0.1) is 0 Å². The first-order valence-corrected chi connectivity index (χ1v) is 6.80. The van der Waals surface area contributed by atoms with Crippen LogP contribution in [0.1, 0.15) is 26.2 Å². The van der Waals surface area contributed by atoms with Crippen molar-refractivity contribution in [2.24, 2.45) is 28.1 Å². The number of carbonyl (C=O) groups excluding carboxylic acids is 1. The summed E-state index contributed by atoms with van der Waals surface area (Å²) in [6, 6.07) is 0. The fourth-order valence-electron chi connectivity index (χ4n) is 3.41. The fraction of sp³-hybridized carbons (Fsp3) is 0.846. The average molecular weight is 269 g/mol. The maximum Gasteiger partial charge on any atom is 0.236 e. The Morgan fingerprint density at radius 3 is 2.79 bits per heavy atom. The average Bonchev–Trinajstić information content (AvgIpc) is 2.82. The molecular formula is C13H23N3O3. The molecule has 1 amide bonds. The Labute approximate surface area is 113 Å². The van der Waals surface area contributed by atoms with Crippen molar-refractivity contribution in [3.63, 3.8) is 0 Å². The van der Waals surface area contributed by atoms with E-state index < -0.39 is 5.41 Å². The standard InChI is InChI=1S/C13H23N3O3/c1-9-5-13(6-9,11(14)15-18)12(17)16-4-3-10(7-16)8-19-2/h9-10,18H,3-8H2,1-2H3,(H2,14,15). The van der Waals surface area contributed by atoms with E-state index in [0.29, 0.717) is 37.8 Å². The number of oxime groups is 1. The molecule has 6 heteroatoms. The minimum Gasteiger partial charge on any atom is -0.409 e. The van der Waals surface area contributed by atoms with E-state index in [-0.39, 0.29) is 11.7 Å². The van der Waals surface area contributed by atoms with Crippen molar-refractivity contribution in [1.82, 2.24) is 4.90 Å². The molecule has 1 unspecified atom stereocenters. The lowest BCUT2D eigenvalue weighted by Crippen LogP contribution is -2.57. The van der Waals surface area contributed by atoms with Crippen LogP contribution in [0.2, 0.25) is 0 Å². The van der Waals surface area contributed by atoms with Crippen LogP contribution >= 0.6 is 0 Å². The Morgan fingerprint density at radius 2 is 2.26 bits per heavy atom. The van der Waals surface area contributed by atoms with Crippen LogP contribution in [0.25, 0.3) is 0 Å². The van der Waals surface area contributed by atoms with Gasteiger partial charge >= 0.3 is 0 Å². The molecule has 1 aliphatic heterocycles. The largest absolute Gasteiger partial charge is 0.409 e. The molecular weight excluding hydrogens is 246 g/mol. The molecule has 0 aromatic carbocycles. The third kappa shape index (κ3) is 2.41. The van der Waals surface area contributed by atoms with Gasteiger partial charge in [0, 0.05) is 26.1 Å². The van der Waals surface area contributed by atoms with Gasteiger partial charge in [-0.2, -0.15) is 0 Å². The van der Waals surface area contributed by atoms with Crippen molar-refractivity contribution < 1.29 is 14.7 Å². The van der Waals surface area contributed by atoms with E-state index in [1.165, 1.54) is 0 Å². The highest BCUT2D eigenvalue weighted by molar-refractivity contribution is 6.07. The van der Waals surface area contributed by atoms with E-state index in [4.69, 9.17) is 15.7 Å². The number of methoxy groups -OCH3 is 1. The predicted molar refractivity (Wildman–Crippen MR) is 70.8 cm³/mol. The summed E-state index contributed by atoms with van der Waals surface area (Å²) in [5.74, 6) is 0.919. The molecule has 6 nitrogen and oxygen atoms in total. The highest BCUT2D eigenvalue weighted by atomic mass is 16.5. The Hall–Kier alpha value is -1.30. The zero-order valence-electron chi connectivity index (χ0n) is 11.6. The molecule has 108 valence electrons. The van der Waals surface area contributed by atoms with Crippen LogP contribution in [0.4, 0.5) is 0 Å². The van der Waals surface area contributed by atoms with Crippen molar-refractivity contribution in [3.05, 3.63) is 0 Å². The highest BCUT2D eigenvalue weighted by Gasteiger charge is 2.54. The maximum atomic E-state index is 12.7. The van der Waals surface area contributed by atoms with Crippen molar-refractivity contribution in [2.45, 2.75) is 26.2 Å². The van der Waals surface area contributed by atoms with Gasteiger partial charge in [0.2, 0.25) is 5.91 Å². The smallest absolute Gasteiger partial charge is 0.236 e. The van der Waals surface area contributed by atoms with Crippen LogP contribution in [-0.4, -0.2) is 48.7 Å². The first kappa shape index (κ1) is 14.1. The summed E-state index contributed by atoms with van der Waals surface area (Å²) < 4.78 is 5.14. The summed E-state index contributed by atoms with van der Waals surface area (Å²) in [5.41, 5.74) is 5.00. The maximum absolute atomic E-state index is 12.7. The number of carbonyl (C=O) groups is 1. The molecule has 0 aromatic rings. The topological polar surface area (TPSA) is 88.2 Å².